The van der Waals surface area contributed by atoms with Crippen molar-refractivity contribution in [2.75, 3.05) is 19.8 Å². The monoisotopic (exact) mass is 666 g/mol. The average molecular weight is 666 g/mol. The van der Waals surface area contributed by atoms with E-state index in [2.05, 4.69) is 33.0 Å². The van der Waals surface area contributed by atoms with Crippen molar-refractivity contribution in [1.29, 1.82) is 0 Å². The highest BCUT2D eigenvalue weighted by molar-refractivity contribution is 5.72. The molecule has 0 amide bonds. The normalized spacial score (nSPS) is 12.7. The molecule has 2 unspecified atom stereocenters. The highest BCUT2D eigenvalue weighted by atomic mass is 16.5. The Morgan fingerprint density at radius 3 is 1.47 bits per heavy atom. The smallest absolute Gasteiger partial charge is 0.308 e. The summed E-state index contributed by atoms with van der Waals surface area (Å²) < 4.78 is 11.2. The Morgan fingerprint density at radius 2 is 0.894 bits per heavy atom. The zero-order valence-electron chi connectivity index (χ0n) is 32.3. The zero-order chi connectivity index (χ0) is 34.5. The van der Waals surface area contributed by atoms with Crippen LogP contribution in [-0.2, 0) is 19.1 Å². The first-order chi connectivity index (χ1) is 23.1. The quantitative estimate of drug-likeness (QED) is 0.0525. The van der Waals surface area contributed by atoms with Crippen LogP contribution < -0.4 is 5.32 Å². The summed E-state index contributed by atoms with van der Waals surface area (Å²) in [5.74, 6) is 0.124. The maximum atomic E-state index is 13.0. The van der Waals surface area contributed by atoms with Gasteiger partial charge in [0.1, 0.15) is 0 Å². The Bertz CT molecular complexity index is 655. The molecule has 0 fully saturated rings. The molecule has 0 aliphatic heterocycles. The van der Waals surface area contributed by atoms with Crippen LogP contribution in [0.15, 0.2) is 0 Å². The van der Waals surface area contributed by atoms with Gasteiger partial charge in [-0.3, -0.25) is 9.59 Å². The van der Waals surface area contributed by atoms with Gasteiger partial charge in [0.05, 0.1) is 19.1 Å². The largest absolute Gasteiger partial charge is 0.466 e. The van der Waals surface area contributed by atoms with Crippen LogP contribution in [0.2, 0.25) is 0 Å². The van der Waals surface area contributed by atoms with Crippen LogP contribution in [0.5, 0.6) is 0 Å². The molecule has 0 bridgehead atoms. The number of carbonyl (C=O) groups excluding carboxylic acids is 2. The molecular formula is C42H83NO4. The van der Waals surface area contributed by atoms with Crippen LogP contribution >= 0.6 is 0 Å². The number of unbranched alkanes of at least 4 members (excludes halogenated alkanes) is 20. The summed E-state index contributed by atoms with van der Waals surface area (Å²) in [5, 5.41) is 3.80. The molecule has 0 saturated carbocycles. The van der Waals surface area contributed by atoms with Gasteiger partial charge in [-0.05, 0) is 64.3 Å². The van der Waals surface area contributed by atoms with Crippen LogP contribution in [0.25, 0.3) is 0 Å². The van der Waals surface area contributed by atoms with Crippen molar-refractivity contribution in [3.63, 3.8) is 0 Å². The second-order valence-corrected chi connectivity index (χ2v) is 14.4. The third kappa shape index (κ3) is 33.2. The lowest BCUT2D eigenvalue weighted by Gasteiger charge is -2.19. The molecule has 0 rings (SSSR count). The van der Waals surface area contributed by atoms with Crippen LogP contribution in [0, 0.1) is 5.92 Å². The first kappa shape index (κ1) is 45.9. The number of hydrogen-bond donors (Lipinski definition) is 1. The summed E-state index contributed by atoms with van der Waals surface area (Å²) in [7, 11) is 0. The van der Waals surface area contributed by atoms with Crippen molar-refractivity contribution < 1.29 is 19.1 Å². The predicted molar refractivity (Wildman–Crippen MR) is 203 cm³/mol. The number of rotatable bonds is 38. The lowest BCUT2D eigenvalue weighted by molar-refractivity contribution is -0.149. The summed E-state index contributed by atoms with van der Waals surface area (Å²) in [6, 6.07) is 0.557. The Kier molecular flexibility index (Phi) is 36.8. The highest BCUT2D eigenvalue weighted by Gasteiger charge is 2.20. The van der Waals surface area contributed by atoms with Gasteiger partial charge < -0.3 is 14.8 Å². The average Bonchev–Trinajstić information content (AvgIpc) is 3.07. The summed E-state index contributed by atoms with van der Waals surface area (Å²) in [6.45, 7) is 11.2. The van der Waals surface area contributed by atoms with E-state index in [4.69, 9.17) is 9.47 Å². The predicted octanol–water partition coefficient (Wildman–Crippen LogP) is 12.8. The van der Waals surface area contributed by atoms with Crippen LogP contribution in [0.1, 0.15) is 227 Å². The molecule has 1 N–H and O–H groups in total. The third-order valence-electron chi connectivity index (χ3n) is 9.73. The van der Waals surface area contributed by atoms with Gasteiger partial charge in [0, 0.05) is 12.5 Å². The van der Waals surface area contributed by atoms with Crippen molar-refractivity contribution in [2.45, 2.75) is 233 Å². The SMILES string of the molecule is CCCCCCCCCCCC(=O)OCCCCCNC(CCC)CCCCC(CCCCCCCC)C(=O)OCCCCCCC. The van der Waals surface area contributed by atoms with E-state index in [1.165, 1.54) is 128 Å². The topological polar surface area (TPSA) is 64.6 Å². The molecule has 0 aliphatic rings. The van der Waals surface area contributed by atoms with Gasteiger partial charge in [0.25, 0.3) is 0 Å². The van der Waals surface area contributed by atoms with E-state index < -0.39 is 0 Å². The van der Waals surface area contributed by atoms with Gasteiger partial charge in [-0.15, -0.1) is 0 Å². The van der Waals surface area contributed by atoms with Crippen LogP contribution in [0.4, 0.5) is 0 Å². The maximum Gasteiger partial charge on any atom is 0.308 e. The van der Waals surface area contributed by atoms with E-state index in [9.17, 15) is 9.59 Å². The van der Waals surface area contributed by atoms with Crippen molar-refractivity contribution >= 4 is 11.9 Å². The Balaban J connectivity index is 4.11. The minimum Gasteiger partial charge on any atom is -0.466 e. The summed E-state index contributed by atoms with van der Waals surface area (Å²) >= 11 is 0. The lowest BCUT2D eigenvalue weighted by Crippen LogP contribution is -2.30. The minimum atomic E-state index is -0.0148. The summed E-state index contributed by atoms with van der Waals surface area (Å²) in [6.07, 6.45) is 36.6. The van der Waals surface area contributed by atoms with Crippen molar-refractivity contribution in [2.24, 2.45) is 5.92 Å². The van der Waals surface area contributed by atoms with E-state index in [1.54, 1.807) is 0 Å². The van der Waals surface area contributed by atoms with Crippen molar-refractivity contribution in [1.82, 2.24) is 5.32 Å². The van der Waals surface area contributed by atoms with Gasteiger partial charge in [0.2, 0.25) is 0 Å². The van der Waals surface area contributed by atoms with Crippen molar-refractivity contribution in [3.8, 4) is 0 Å². The fraction of sp³-hybridized carbons (Fsp3) is 0.952. The standard InChI is InChI=1S/C42H83NO4/c1-5-9-12-15-17-18-19-21-25-35-41(44)46-37-30-23-28-36-43-40(31-8-4)34-27-26-33-39(32-24-20-16-13-10-6-2)42(45)47-38-29-22-14-11-7-3/h39-40,43H,5-38H2,1-4H3. The van der Waals surface area contributed by atoms with E-state index in [1.807, 2.05) is 0 Å². The van der Waals surface area contributed by atoms with Gasteiger partial charge >= 0.3 is 11.9 Å². The number of hydrogen-bond acceptors (Lipinski definition) is 5. The second-order valence-electron chi connectivity index (χ2n) is 14.4. The van der Waals surface area contributed by atoms with Crippen molar-refractivity contribution in [3.05, 3.63) is 0 Å². The number of ether oxygens (including phenoxy) is 2. The third-order valence-corrected chi connectivity index (χ3v) is 9.73. The number of carbonyl (C=O) groups is 2. The number of nitrogens with one attached hydrogen (secondary N) is 1. The Hall–Kier alpha value is -1.10. The van der Waals surface area contributed by atoms with E-state index in [0.717, 1.165) is 70.8 Å². The van der Waals surface area contributed by atoms with E-state index >= 15 is 0 Å². The molecule has 0 spiro atoms. The van der Waals surface area contributed by atoms with Crippen LogP contribution in [-0.4, -0.2) is 37.7 Å². The minimum absolute atomic E-state index is 0.0148. The maximum absolute atomic E-state index is 13.0. The first-order valence-electron chi connectivity index (χ1n) is 21.1. The van der Waals surface area contributed by atoms with Crippen LogP contribution in [0.3, 0.4) is 0 Å². The molecular weight excluding hydrogens is 582 g/mol. The molecule has 0 aromatic rings. The molecule has 0 radical (unpaired) electrons. The summed E-state index contributed by atoms with van der Waals surface area (Å²) in [4.78, 5) is 25.0. The molecule has 0 heterocycles. The first-order valence-corrected chi connectivity index (χ1v) is 21.1. The molecule has 0 aliphatic carbocycles. The molecule has 0 saturated heterocycles. The molecule has 5 nitrogen and oxygen atoms in total. The zero-order valence-corrected chi connectivity index (χ0v) is 32.3. The molecule has 0 aromatic heterocycles. The van der Waals surface area contributed by atoms with Gasteiger partial charge in [-0.2, -0.15) is 0 Å². The van der Waals surface area contributed by atoms with Gasteiger partial charge in [-0.25, -0.2) is 0 Å². The fourth-order valence-corrected chi connectivity index (χ4v) is 6.57. The number of esters is 2. The van der Waals surface area contributed by atoms with Gasteiger partial charge in [0.15, 0.2) is 0 Å². The van der Waals surface area contributed by atoms with E-state index in [0.29, 0.717) is 25.7 Å². The fourth-order valence-electron chi connectivity index (χ4n) is 6.57. The molecule has 47 heavy (non-hydrogen) atoms. The summed E-state index contributed by atoms with van der Waals surface area (Å²) in [5.41, 5.74) is 0. The Labute approximate surface area is 294 Å². The second kappa shape index (κ2) is 37.7. The van der Waals surface area contributed by atoms with E-state index in [-0.39, 0.29) is 17.9 Å². The van der Waals surface area contributed by atoms with Gasteiger partial charge in [-0.1, -0.05) is 163 Å². The molecule has 280 valence electrons. The molecule has 5 heteroatoms. The Morgan fingerprint density at radius 1 is 0.447 bits per heavy atom. The highest BCUT2D eigenvalue weighted by Crippen LogP contribution is 2.21. The lowest BCUT2D eigenvalue weighted by atomic mass is 9.93. The molecule has 2 atom stereocenters. The molecule has 0 aromatic carbocycles.